The average Bonchev–Trinajstić information content (AvgIpc) is 2.76. The van der Waals surface area contributed by atoms with E-state index in [0.29, 0.717) is 45.4 Å². The Bertz CT molecular complexity index is 516. The first-order chi connectivity index (χ1) is 14.4. The highest BCUT2D eigenvalue weighted by Gasteiger charge is 2.42. The molecule has 30 heavy (non-hydrogen) atoms. The number of hydrogen-bond acceptors (Lipinski definition) is 6. The molecule has 0 aliphatic carbocycles. The molecule has 1 rings (SSSR count). The quantitative estimate of drug-likeness (QED) is 0.160. The lowest BCUT2D eigenvalue weighted by Gasteiger charge is -2.42. The van der Waals surface area contributed by atoms with Crippen molar-refractivity contribution in [3.63, 3.8) is 0 Å². The van der Waals surface area contributed by atoms with Gasteiger partial charge in [-0.25, -0.2) is 9.78 Å². The highest BCUT2D eigenvalue weighted by molar-refractivity contribution is 5.87. The number of aldehydes is 2. The zero-order valence-electron chi connectivity index (χ0n) is 18.9. The Balaban J connectivity index is 2.69. The number of carbonyl (C=O) groups is 3. The summed E-state index contributed by atoms with van der Waals surface area (Å²) in [6, 6.07) is 0. The molecule has 0 spiro atoms. The van der Waals surface area contributed by atoms with Crippen LogP contribution in [-0.4, -0.2) is 54.5 Å². The molecule has 1 amide bonds. The molecular formula is C23H39NO6. The van der Waals surface area contributed by atoms with Gasteiger partial charge in [0, 0.05) is 44.8 Å². The average molecular weight is 426 g/mol. The minimum Gasteiger partial charge on any atom is -0.344 e. The Hall–Kier alpha value is -1.57. The van der Waals surface area contributed by atoms with E-state index in [4.69, 9.17) is 14.5 Å². The summed E-state index contributed by atoms with van der Waals surface area (Å²) in [6.45, 7) is 7.34. The molecule has 1 unspecified atom stereocenters. The topological polar surface area (TPSA) is 82.1 Å². The number of ether oxygens (including phenoxy) is 1. The molecule has 1 aliphatic rings. The van der Waals surface area contributed by atoms with Crippen molar-refractivity contribution in [2.45, 2.75) is 96.4 Å². The SMILES string of the molecule is CCCCC1(CCCC)OCC(C)(/C=C/C(=O)N(CCCC=O)CCCC=O)OO1. The summed E-state index contributed by atoms with van der Waals surface area (Å²) in [5, 5.41) is 0. The van der Waals surface area contributed by atoms with Crippen LogP contribution in [0.1, 0.15) is 85.0 Å². The van der Waals surface area contributed by atoms with Crippen LogP contribution >= 0.6 is 0 Å². The van der Waals surface area contributed by atoms with Crippen LogP contribution in [0, 0.1) is 0 Å². The highest BCUT2D eigenvalue weighted by atomic mass is 17.2. The van der Waals surface area contributed by atoms with Gasteiger partial charge in [0.05, 0.1) is 6.61 Å². The van der Waals surface area contributed by atoms with Crippen LogP contribution in [0.25, 0.3) is 0 Å². The summed E-state index contributed by atoms with van der Waals surface area (Å²) >= 11 is 0. The summed E-state index contributed by atoms with van der Waals surface area (Å²) in [7, 11) is 0. The maximum Gasteiger partial charge on any atom is 0.246 e. The highest BCUT2D eigenvalue weighted by Crippen LogP contribution is 2.35. The molecule has 7 heteroatoms. The van der Waals surface area contributed by atoms with Crippen LogP contribution in [0.15, 0.2) is 12.2 Å². The second-order valence-electron chi connectivity index (χ2n) is 8.16. The Morgan fingerprint density at radius 3 is 1.93 bits per heavy atom. The van der Waals surface area contributed by atoms with Crippen LogP contribution in [0.4, 0.5) is 0 Å². The van der Waals surface area contributed by atoms with Crippen molar-refractivity contribution in [1.82, 2.24) is 4.90 Å². The van der Waals surface area contributed by atoms with Crippen molar-refractivity contribution in [3.8, 4) is 0 Å². The van der Waals surface area contributed by atoms with Crippen molar-refractivity contribution in [2.24, 2.45) is 0 Å². The van der Waals surface area contributed by atoms with Gasteiger partial charge in [0.2, 0.25) is 11.7 Å². The van der Waals surface area contributed by atoms with Crippen molar-refractivity contribution in [1.29, 1.82) is 0 Å². The van der Waals surface area contributed by atoms with Gasteiger partial charge >= 0.3 is 0 Å². The van der Waals surface area contributed by atoms with Gasteiger partial charge in [0.25, 0.3) is 0 Å². The smallest absolute Gasteiger partial charge is 0.246 e. The van der Waals surface area contributed by atoms with Gasteiger partial charge in [-0.2, -0.15) is 0 Å². The monoisotopic (exact) mass is 425 g/mol. The molecule has 0 aromatic carbocycles. The lowest BCUT2D eigenvalue weighted by atomic mass is 10.0. The molecule has 0 radical (unpaired) electrons. The Morgan fingerprint density at radius 1 is 0.933 bits per heavy atom. The zero-order chi connectivity index (χ0) is 22.3. The van der Waals surface area contributed by atoms with Crippen molar-refractivity contribution in [3.05, 3.63) is 12.2 Å². The van der Waals surface area contributed by atoms with E-state index in [9.17, 15) is 14.4 Å². The molecule has 1 aliphatic heterocycles. The van der Waals surface area contributed by atoms with Crippen LogP contribution in [-0.2, 0) is 28.9 Å². The summed E-state index contributed by atoms with van der Waals surface area (Å²) < 4.78 is 6.14. The number of nitrogens with zero attached hydrogens (tertiary/aromatic N) is 1. The molecule has 7 nitrogen and oxygen atoms in total. The normalized spacial score (nSPS) is 20.9. The van der Waals surface area contributed by atoms with Crippen molar-refractivity contribution >= 4 is 18.5 Å². The first-order valence-electron chi connectivity index (χ1n) is 11.3. The van der Waals surface area contributed by atoms with E-state index in [2.05, 4.69) is 13.8 Å². The fourth-order valence-electron chi connectivity index (χ4n) is 3.23. The maximum absolute atomic E-state index is 12.7. The van der Waals surface area contributed by atoms with Crippen LogP contribution < -0.4 is 0 Å². The summed E-state index contributed by atoms with van der Waals surface area (Å²) in [5.74, 6) is -0.885. The third-order valence-corrected chi connectivity index (χ3v) is 5.22. The van der Waals surface area contributed by atoms with Gasteiger partial charge in [-0.1, -0.05) is 26.7 Å². The maximum atomic E-state index is 12.7. The second kappa shape index (κ2) is 14.4. The van der Waals surface area contributed by atoms with Crippen LogP contribution in [0.2, 0.25) is 0 Å². The summed E-state index contributed by atoms with van der Waals surface area (Å²) in [4.78, 5) is 46.9. The molecule has 0 bridgehead atoms. The fourth-order valence-corrected chi connectivity index (χ4v) is 3.23. The predicted molar refractivity (Wildman–Crippen MR) is 115 cm³/mol. The number of hydrogen-bond donors (Lipinski definition) is 0. The van der Waals surface area contributed by atoms with E-state index in [1.807, 2.05) is 6.92 Å². The largest absolute Gasteiger partial charge is 0.344 e. The van der Waals surface area contributed by atoms with E-state index >= 15 is 0 Å². The van der Waals surface area contributed by atoms with Crippen LogP contribution in [0.3, 0.4) is 0 Å². The van der Waals surface area contributed by atoms with E-state index in [1.165, 1.54) is 6.08 Å². The summed E-state index contributed by atoms with van der Waals surface area (Å²) in [6.07, 6.45) is 12.5. The molecule has 1 fully saturated rings. The predicted octanol–water partition coefficient (Wildman–Crippen LogP) is 4.14. The van der Waals surface area contributed by atoms with E-state index in [1.54, 1.807) is 11.0 Å². The van der Waals surface area contributed by atoms with Crippen molar-refractivity contribution < 1.29 is 28.9 Å². The molecule has 172 valence electrons. The third-order valence-electron chi connectivity index (χ3n) is 5.22. The van der Waals surface area contributed by atoms with Gasteiger partial charge in [-0.05, 0) is 38.7 Å². The lowest BCUT2D eigenvalue weighted by Crippen LogP contribution is -2.50. The number of carbonyl (C=O) groups excluding carboxylic acids is 3. The Kier molecular flexibility index (Phi) is 12.7. The van der Waals surface area contributed by atoms with Gasteiger partial charge < -0.3 is 19.2 Å². The number of unbranched alkanes of at least 4 members (excludes halogenated alkanes) is 4. The molecule has 0 aromatic heterocycles. The lowest BCUT2D eigenvalue weighted by molar-refractivity contribution is -0.503. The molecule has 1 saturated heterocycles. The van der Waals surface area contributed by atoms with Gasteiger partial charge in [-0.15, -0.1) is 0 Å². The van der Waals surface area contributed by atoms with E-state index in [0.717, 1.165) is 51.1 Å². The van der Waals surface area contributed by atoms with E-state index < -0.39 is 11.4 Å². The number of rotatable bonds is 16. The number of amides is 1. The summed E-state index contributed by atoms with van der Waals surface area (Å²) in [5.41, 5.74) is -0.852. The fraction of sp³-hybridized carbons (Fsp3) is 0.783. The van der Waals surface area contributed by atoms with E-state index in [-0.39, 0.29) is 5.91 Å². The standard InChI is InChI=1S/C23H39NO6/c1-4-6-13-23(14-7-5-2)28-20-22(3,29-30-23)15-12-21(27)24(16-8-10-18-25)17-9-11-19-26/h12,15,18-19H,4-11,13-14,16-17,20H2,1-3H3/b15-12+. The van der Waals surface area contributed by atoms with Gasteiger partial charge in [0.1, 0.15) is 18.2 Å². The van der Waals surface area contributed by atoms with Crippen LogP contribution in [0.5, 0.6) is 0 Å². The third kappa shape index (κ3) is 9.49. The molecule has 0 saturated carbocycles. The molecule has 1 heterocycles. The first kappa shape index (κ1) is 26.5. The Morgan fingerprint density at radius 2 is 1.50 bits per heavy atom. The minimum absolute atomic E-state index is 0.176. The minimum atomic E-state index is -0.852. The molecule has 0 N–H and O–H groups in total. The van der Waals surface area contributed by atoms with Gasteiger partial charge in [0.15, 0.2) is 0 Å². The molecule has 1 atom stereocenters. The Labute approximate surface area is 181 Å². The molecular weight excluding hydrogens is 386 g/mol. The molecule has 0 aromatic rings. The van der Waals surface area contributed by atoms with Crippen molar-refractivity contribution in [2.75, 3.05) is 19.7 Å². The zero-order valence-corrected chi connectivity index (χ0v) is 18.9. The van der Waals surface area contributed by atoms with Gasteiger partial charge in [-0.3, -0.25) is 4.79 Å². The second-order valence-corrected chi connectivity index (χ2v) is 8.16. The first-order valence-corrected chi connectivity index (χ1v) is 11.3.